The number of aromatic nitrogens is 2. The van der Waals surface area contributed by atoms with Crippen LogP contribution in [0.25, 0.3) is 0 Å². The van der Waals surface area contributed by atoms with Crippen LogP contribution in [0.15, 0.2) is 47.9 Å². The van der Waals surface area contributed by atoms with E-state index in [2.05, 4.69) is 9.97 Å². The Morgan fingerprint density at radius 1 is 1.21 bits per heavy atom. The van der Waals surface area contributed by atoms with Gasteiger partial charge in [-0.3, -0.25) is 0 Å². The molecule has 100 valence electrons. The quantitative estimate of drug-likeness (QED) is 0.648. The molecule has 1 unspecified atom stereocenters. The number of aryl methyl sites for hydroxylation is 1. The Morgan fingerprint density at radius 2 is 1.89 bits per heavy atom. The van der Waals surface area contributed by atoms with Gasteiger partial charge in [-0.2, -0.15) is 0 Å². The van der Waals surface area contributed by atoms with Crippen LogP contribution in [0.2, 0.25) is 0 Å². The molecular weight excluding hydrogens is 260 g/mol. The normalized spacial score (nSPS) is 12.1. The highest BCUT2D eigenvalue weighted by molar-refractivity contribution is 7.99. The van der Waals surface area contributed by atoms with Gasteiger partial charge in [0.05, 0.1) is 6.10 Å². The Balaban J connectivity index is 1.72. The van der Waals surface area contributed by atoms with Crippen molar-refractivity contribution in [1.82, 2.24) is 9.97 Å². The molecular formula is C14H16N2O2S. The zero-order valence-electron chi connectivity index (χ0n) is 10.7. The van der Waals surface area contributed by atoms with Gasteiger partial charge in [0.15, 0.2) is 5.16 Å². The topological polar surface area (TPSA) is 55.2 Å². The monoisotopic (exact) mass is 276 g/mol. The van der Waals surface area contributed by atoms with E-state index in [-0.39, 0.29) is 6.61 Å². The van der Waals surface area contributed by atoms with Gasteiger partial charge in [0, 0.05) is 18.1 Å². The number of hydrogen-bond acceptors (Lipinski definition) is 5. The van der Waals surface area contributed by atoms with Crippen LogP contribution in [0.4, 0.5) is 0 Å². The lowest BCUT2D eigenvalue weighted by atomic mass is 10.3. The Hall–Kier alpha value is -1.59. The van der Waals surface area contributed by atoms with Crippen LogP contribution in [-0.4, -0.2) is 33.5 Å². The molecule has 0 amide bonds. The first-order valence-corrected chi connectivity index (χ1v) is 7.00. The van der Waals surface area contributed by atoms with Crippen LogP contribution in [0.5, 0.6) is 5.75 Å². The summed E-state index contributed by atoms with van der Waals surface area (Å²) in [6, 6.07) is 9.45. The number of aliphatic hydroxyl groups is 1. The first-order chi connectivity index (χ1) is 9.24. The molecule has 0 spiro atoms. The Bertz CT molecular complexity index is 491. The van der Waals surface area contributed by atoms with Gasteiger partial charge in [0.1, 0.15) is 12.4 Å². The first kappa shape index (κ1) is 13.8. The molecule has 4 nitrogen and oxygen atoms in total. The maximum atomic E-state index is 9.83. The van der Waals surface area contributed by atoms with Gasteiger partial charge in [-0.05, 0) is 24.6 Å². The summed E-state index contributed by atoms with van der Waals surface area (Å²) >= 11 is 1.42. The number of ether oxygens (including phenoxy) is 1. The second-order valence-corrected chi connectivity index (χ2v) is 5.12. The minimum atomic E-state index is -0.546. The second kappa shape index (κ2) is 7.11. The molecule has 0 aliphatic heterocycles. The third-order valence-electron chi connectivity index (χ3n) is 2.35. The predicted octanol–water partition coefficient (Wildman–Crippen LogP) is 2.32. The van der Waals surface area contributed by atoms with E-state index in [0.29, 0.717) is 10.9 Å². The van der Waals surface area contributed by atoms with Crippen molar-refractivity contribution >= 4 is 11.8 Å². The summed E-state index contributed by atoms with van der Waals surface area (Å²) in [6.45, 7) is 2.21. The molecule has 1 atom stereocenters. The van der Waals surface area contributed by atoms with Crippen molar-refractivity contribution in [2.75, 3.05) is 12.4 Å². The minimum absolute atomic E-state index is 0.267. The molecule has 19 heavy (non-hydrogen) atoms. The highest BCUT2D eigenvalue weighted by Crippen LogP contribution is 2.14. The van der Waals surface area contributed by atoms with Crippen LogP contribution in [0, 0.1) is 6.92 Å². The molecule has 1 aromatic carbocycles. The van der Waals surface area contributed by atoms with E-state index in [1.165, 1.54) is 11.8 Å². The molecule has 2 rings (SSSR count). The van der Waals surface area contributed by atoms with E-state index < -0.39 is 6.10 Å². The van der Waals surface area contributed by atoms with Crippen LogP contribution in [-0.2, 0) is 0 Å². The lowest BCUT2D eigenvalue weighted by Gasteiger charge is -2.11. The van der Waals surface area contributed by atoms with Crippen molar-refractivity contribution < 1.29 is 9.84 Å². The van der Waals surface area contributed by atoms with Gasteiger partial charge >= 0.3 is 0 Å². The largest absolute Gasteiger partial charge is 0.491 e. The first-order valence-electron chi connectivity index (χ1n) is 6.01. The molecule has 0 aliphatic carbocycles. The van der Waals surface area contributed by atoms with Crippen molar-refractivity contribution in [3.8, 4) is 5.75 Å². The second-order valence-electron chi connectivity index (χ2n) is 4.13. The molecule has 5 heteroatoms. The molecule has 0 fully saturated rings. The fourth-order valence-electron chi connectivity index (χ4n) is 1.38. The number of thioether (sulfide) groups is 1. The number of para-hydroxylation sites is 1. The highest BCUT2D eigenvalue weighted by Gasteiger charge is 2.07. The number of hydrogen-bond donors (Lipinski definition) is 1. The van der Waals surface area contributed by atoms with E-state index in [1.54, 1.807) is 12.4 Å². The van der Waals surface area contributed by atoms with Gasteiger partial charge in [-0.25, -0.2) is 9.97 Å². The van der Waals surface area contributed by atoms with E-state index in [0.717, 1.165) is 11.3 Å². The van der Waals surface area contributed by atoms with Gasteiger partial charge in [-0.15, -0.1) is 0 Å². The molecule has 0 aliphatic rings. The van der Waals surface area contributed by atoms with E-state index in [9.17, 15) is 5.11 Å². The standard InChI is InChI=1S/C14H16N2O2S/c1-11-7-15-14(16-8-11)19-10-12(17)9-18-13-5-3-2-4-6-13/h2-8,12,17H,9-10H2,1H3. The molecule has 2 aromatic rings. The fourth-order valence-corrected chi connectivity index (χ4v) is 2.08. The summed E-state index contributed by atoms with van der Waals surface area (Å²) in [5.74, 6) is 1.27. The van der Waals surface area contributed by atoms with E-state index in [4.69, 9.17) is 4.74 Å². The molecule has 0 saturated carbocycles. The summed E-state index contributed by atoms with van der Waals surface area (Å²) in [7, 11) is 0. The number of nitrogens with zero attached hydrogens (tertiary/aromatic N) is 2. The van der Waals surface area contributed by atoms with Crippen molar-refractivity contribution in [1.29, 1.82) is 0 Å². The van der Waals surface area contributed by atoms with Crippen LogP contribution in [0.3, 0.4) is 0 Å². The zero-order valence-corrected chi connectivity index (χ0v) is 11.5. The summed E-state index contributed by atoms with van der Waals surface area (Å²) in [5.41, 5.74) is 1.03. The average Bonchev–Trinajstić information content (AvgIpc) is 2.45. The van der Waals surface area contributed by atoms with E-state index in [1.807, 2.05) is 37.3 Å². The fraction of sp³-hybridized carbons (Fsp3) is 0.286. The maximum Gasteiger partial charge on any atom is 0.187 e. The number of rotatable bonds is 6. The molecule has 1 heterocycles. The minimum Gasteiger partial charge on any atom is -0.491 e. The summed E-state index contributed by atoms with van der Waals surface area (Å²) in [4.78, 5) is 8.34. The molecule has 1 aromatic heterocycles. The lowest BCUT2D eigenvalue weighted by molar-refractivity contribution is 0.126. The van der Waals surface area contributed by atoms with Gasteiger partial charge in [0.25, 0.3) is 0 Å². The Morgan fingerprint density at radius 3 is 2.58 bits per heavy atom. The van der Waals surface area contributed by atoms with Gasteiger partial charge in [-0.1, -0.05) is 30.0 Å². The Kier molecular flexibility index (Phi) is 5.18. The van der Waals surface area contributed by atoms with Crippen molar-refractivity contribution in [2.24, 2.45) is 0 Å². The summed E-state index contributed by atoms with van der Waals surface area (Å²) in [5, 5.41) is 10.5. The van der Waals surface area contributed by atoms with Gasteiger partial charge < -0.3 is 9.84 Å². The van der Waals surface area contributed by atoms with Crippen LogP contribution in [0.1, 0.15) is 5.56 Å². The summed E-state index contributed by atoms with van der Waals surface area (Å²) < 4.78 is 5.47. The molecule has 0 bridgehead atoms. The van der Waals surface area contributed by atoms with Gasteiger partial charge in [0.2, 0.25) is 0 Å². The van der Waals surface area contributed by atoms with Crippen molar-refractivity contribution in [3.63, 3.8) is 0 Å². The molecule has 0 radical (unpaired) electrons. The third-order valence-corrected chi connectivity index (χ3v) is 3.37. The SMILES string of the molecule is Cc1cnc(SCC(O)COc2ccccc2)nc1. The lowest BCUT2D eigenvalue weighted by Crippen LogP contribution is -2.20. The van der Waals surface area contributed by atoms with Crippen molar-refractivity contribution in [3.05, 3.63) is 48.3 Å². The van der Waals surface area contributed by atoms with Crippen LogP contribution >= 0.6 is 11.8 Å². The van der Waals surface area contributed by atoms with E-state index >= 15 is 0 Å². The van der Waals surface area contributed by atoms with Crippen molar-refractivity contribution in [2.45, 2.75) is 18.2 Å². The predicted molar refractivity (Wildman–Crippen MR) is 75.4 cm³/mol. The third kappa shape index (κ3) is 4.89. The smallest absolute Gasteiger partial charge is 0.187 e. The highest BCUT2D eigenvalue weighted by atomic mass is 32.2. The Labute approximate surface area is 116 Å². The maximum absolute atomic E-state index is 9.83. The number of benzene rings is 1. The zero-order chi connectivity index (χ0) is 13.5. The summed E-state index contributed by atoms with van der Waals surface area (Å²) in [6.07, 6.45) is 2.99. The average molecular weight is 276 g/mol. The van der Waals surface area contributed by atoms with Crippen LogP contribution < -0.4 is 4.74 Å². The molecule has 0 saturated heterocycles. The number of aliphatic hydroxyl groups excluding tert-OH is 1. The molecule has 1 N–H and O–H groups in total.